The normalized spacial score (nSPS) is 11.4. The zero-order chi connectivity index (χ0) is 40.6. The van der Waals surface area contributed by atoms with Crippen LogP contribution in [0.4, 0.5) is 35.1 Å². The zero-order valence-corrected chi connectivity index (χ0v) is 30.1. The van der Waals surface area contributed by atoms with Crippen molar-refractivity contribution in [2.24, 2.45) is 0 Å². The van der Waals surface area contributed by atoms with E-state index in [1.54, 1.807) is 54.9 Å². The lowest BCUT2D eigenvalue weighted by Crippen LogP contribution is -2.17. The van der Waals surface area contributed by atoms with Crippen LogP contribution in [0.15, 0.2) is 146 Å². The van der Waals surface area contributed by atoms with Gasteiger partial charge in [-0.1, -0.05) is 48.5 Å². The van der Waals surface area contributed by atoms with Crippen LogP contribution in [-0.4, -0.2) is 32.2 Å². The number of rotatable bonds is 7. The number of nitrogens with zero attached hydrogens (tertiary/aromatic N) is 3. The third kappa shape index (κ3) is 11.3. The molecule has 0 radical (unpaired) electrons. The van der Waals surface area contributed by atoms with Crippen molar-refractivity contribution >= 4 is 22.5 Å². The second-order valence-corrected chi connectivity index (χ2v) is 12.5. The van der Waals surface area contributed by atoms with E-state index >= 15 is 0 Å². The van der Waals surface area contributed by atoms with Gasteiger partial charge in [-0.3, -0.25) is 4.98 Å². The molecule has 2 aliphatic rings. The molecule has 292 valence electrons. The van der Waals surface area contributed by atoms with E-state index in [0.717, 1.165) is 39.0 Å². The zero-order valence-electron chi connectivity index (χ0n) is 29.3. The maximum Gasteiger partial charge on any atom is 0.573 e. The van der Waals surface area contributed by atoms with Crippen LogP contribution in [0.1, 0.15) is 11.1 Å². The van der Waals surface area contributed by atoms with Crippen LogP contribution in [0.2, 0.25) is 0 Å². The Morgan fingerprint density at radius 1 is 0.649 bits per heavy atom. The molecule has 0 spiro atoms. The number of pyridine rings is 2. The monoisotopic (exact) mass is 808 g/mol. The number of hydrogen-bond acceptors (Lipinski definition) is 4. The number of benzene rings is 4. The van der Waals surface area contributed by atoms with Gasteiger partial charge in [-0.25, -0.2) is 13.8 Å². The van der Waals surface area contributed by atoms with Crippen molar-refractivity contribution < 1.29 is 44.6 Å². The van der Waals surface area contributed by atoms with Gasteiger partial charge in [0.05, 0.1) is 11.4 Å². The molecule has 0 aliphatic carbocycles. The van der Waals surface area contributed by atoms with Gasteiger partial charge < -0.3 is 19.0 Å². The molecule has 0 unspecified atom stereocenters. The Morgan fingerprint density at radius 3 is 1.79 bits per heavy atom. The lowest BCUT2D eigenvalue weighted by atomic mass is 10.1. The summed E-state index contributed by atoms with van der Waals surface area (Å²) in [7, 11) is 0. The first-order chi connectivity index (χ1) is 27.2. The van der Waals surface area contributed by atoms with Gasteiger partial charge in [0.2, 0.25) is 0 Å². The molecule has 2 aromatic heterocycles. The minimum atomic E-state index is -4.71. The fraction of sp³-hybridized carbons (Fsp3) is 0.0952. The molecule has 4 aromatic carbocycles. The molecule has 0 fully saturated rings. The molecule has 0 saturated carbocycles. The van der Waals surface area contributed by atoms with E-state index in [2.05, 4.69) is 24.4 Å². The Morgan fingerprint density at radius 2 is 1.23 bits per heavy atom. The summed E-state index contributed by atoms with van der Waals surface area (Å²) >= 11 is 5.45. The number of H-pyrrole nitrogens is 1. The SMILES string of the molecule is FC(F)(F)Oc1ccc(CCl)cc1.Fc1ccccc1-c1cc2cn(Cc3ccc(OC(F)(F)F)cc3)ccc-2n1.Fc1ccccc1-c1cc2cnccc2[nH]1. The van der Waals surface area contributed by atoms with Crippen LogP contribution in [0.25, 0.3) is 44.7 Å². The maximum atomic E-state index is 14.0. The Labute approximate surface area is 325 Å². The highest BCUT2D eigenvalue weighted by molar-refractivity contribution is 6.17. The maximum absolute atomic E-state index is 14.0. The molecule has 0 saturated heterocycles. The summed E-state index contributed by atoms with van der Waals surface area (Å²) in [6.07, 6.45) is -2.18. The van der Waals surface area contributed by atoms with Gasteiger partial charge in [0, 0.05) is 70.5 Å². The van der Waals surface area contributed by atoms with Crippen LogP contribution in [0.5, 0.6) is 11.5 Å². The van der Waals surface area contributed by atoms with Crippen molar-refractivity contribution in [3.05, 3.63) is 169 Å². The van der Waals surface area contributed by atoms with E-state index in [0.29, 0.717) is 23.4 Å². The van der Waals surface area contributed by atoms with Gasteiger partial charge in [0.1, 0.15) is 23.1 Å². The van der Waals surface area contributed by atoms with Crippen molar-refractivity contribution in [2.75, 3.05) is 0 Å². The summed E-state index contributed by atoms with van der Waals surface area (Å²) in [6.45, 7) is 0.461. The Balaban J connectivity index is 0.000000160. The highest BCUT2D eigenvalue weighted by Crippen LogP contribution is 2.31. The van der Waals surface area contributed by atoms with Gasteiger partial charge in [-0.05, 0) is 83.9 Å². The van der Waals surface area contributed by atoms with Gasteiger partial charge in [-0.15, -0.1) is 37.9 Å². The lowest BCUT2D eigenvalue weighted by Gasteiger charge is -2.11. The van der Waals surface area contributed by atoms with E-state index in [1.165, 1.54) is 48.5 Å². The Bertz CT molecular complexity index is 2470. The molecule has 4 heterocycles. The summed E-state index contributed by atoms with van der Waals surface area (Å²) in [5.74, 6) is -0.777. The van der Waals surface area contributed by atoms with Crippen molar-refractivity contribution in [3.8, 4) is 45.3 Å². The molecule has 6 aromatic rings. The molecule has 0 bridgehead atoms. The average molecular weight is 809 g/mol. The summed E-state index contributed by atoms with van der Waals surface area (Å²) in [4.78, 5) is 11.7. The summed E-state index contributed by atoms with van der Waals surface area (Å²) < 4.78 is 109. The molecule has 0 atom stereocenters. The van der Waals surface area contributed by atoms with Crippen molar-refractivity contribution in [1.29, 1.82) is 0 Å². The van der Waals surface area contributed by atoms with Gasteiger partial charge in [0.15, 0.2) is 0 Å². The minimum absolute atomic E-state index is 0.220. The second-order valence-electron chi connectivity index (χ2n) is 12.2. The number of aromatic amines is 1. The van der Waals surface area contributed by atoms with Crippen LogP contribution in [0.3, 0.4) is 0 Å². The van der Waals surface area contributed by atoms with E-state index in [4.69, 9.17) is 11.6 Å². The van der Waals surface area contributed by atoms with E-state index in [9.17, 15) is 35.1 Å². The standard InChI is InChI=1S/C21H14F4N2O.C13H9FN2.C8H6ClF3O/c22-18-4-2-1-3-17(18)20-11-15-13-27(10-9-19(15)26-20)12-14-5-7-16(8-6-14)28-21(23,24)25;14-11-4-2-1-3-10(11)13-7-9-8-15-6-5-12(9)16-13;9-5-6-1-3-7(4-2-6)13-8(10,11)12/h1-11,13H,12H2;1-8,16H;1-4H,5H2. The topological polar surface area (TPSA) is 65.0 Å². The largest absolute Gasteiger partial charge is 0.573 e. The number of fused-ring (bicyclic) bond motifs is 2. The van der Waals surface area contributed by atoms with Gasteiger partial charge in [0.25, 0.3) is 0 Å². The van der Waals surface area contributed by atoms with E-state index < -0.39 is 12.7 Å². The second kappa shape index (κ2) is 17.6. The van der Waals surface area contributed by atoms with Crippen LogP contribution in [-0.2, 0) is 12.4 Å². The molecule has 0 amide bonds. The van der Waals surface area contributed by atoms with Crippen LogP contribution >= 0.6 is 11.6 Å². The Kier molecular flexibility index (Phi) is 12.4. The molecule has 1 N–H and O–H groups in total. The third-order valence-electron chi connectivity index (χ3n) is 8.13. The Hall–Kier alpha value is -6.41. The number of hydrogen-bond donors (Lipinski definition) is 1. The fourth-order valence-corrected chi connectivity index (χ4v) is 5.74. The minimum Gasteiger partial charge on any atom is -0.406 e. The quantitative estimate of drug-likeness (QED) is 0.129. The van der Waals surface area contributed by atoms with Crippen molar-refractivity contribution in [2.45, 2.75) is 25.1 Å². The number of alkyl halides is 7. The molecule has 57 heavy (non-hydrogen) atoms. The average Bonchev–Trinajstić information content (AvgIpc) is 3.80. The number of halogens is 9. The van der Waals surface area contributed by atoms with Crippen LogP contribution in [0, 0.1) is 11.6 Å². The molecular weight excluding hydrogens is 780 g/mol. The molecule has 6 nitrogen and oxygen atoms in total. The van der Waals surface area contributed by atoms with Crippen LogP contribution < -0.4 is 9.47 Å². The smallest absolute Gasteiger partial charge is 0.406 e. The summed E-state index contributed by atoms with van der Waals surface area (Å²) in [5.41, 5.74) is 6.46. The molecular formula is C42H29ClF8N4O2. The molecule has 8 rings (SSSR count). The van der Waals surface area contributed by atoms with Crippen molar-refractivity contribution in [1.82, 2.24) is 19.5 Å². The highest BCUT2D eigenvalue weighted by Gasteiger charge is 2.31. The van der Waals surface area contributed by atoms with E-state index in [1.807, 2.05) is 47.3 Å². The van der Waals surface area contributed by atoms with Gasteiger partial charge in [-0.2, -0.15) is 0 Å². The predicted molar refractivity (Wildman–Crippen MR) is 201 cm³/mol. The number of ether oxygens (including phenoxy) is 2. The molecule has 15 heteroatoms. The molecule has 2 aliphatic heterocycles. The first-order valence-electron chi connectivity index (χ1n) is 16.9. The number of aromatic nitrogens is 4. The van der Waals surface area contributed by atoms with E-state index in [-0.39, 0.29) is 29.0 Å². The van der Waals surface area contributed by atoms with Crippen molar-refractivity contribution in [3.63, 3.8) is 0 Å². The fourth-order valence-electron chi connectivity index (χ4n) is 5.56. The third-order valence-corrected chi connectivity index (χ3v) is 8.43. The van der Waals surface area contributed by atoms with Gasteiger partial charge >= 0.3 is 12.7 Å². The summed E-state index contributed by atoms with van der Waals surface area (Å²) in [5, 5.41) is 0.987. The first-order valence-corrected chi connectivity index (χ1v) is 17.4. The number of nitrogens with one attached hydrogen (secondary N) is 1. The lowest BCUT2D eigenvalue weighted by molar-refractivity contribution is -0.275. The predicted octanol–water partition coefficient (Wildman–Crippen LogP) is 12.4. The highest BCUT2D eigenvalue weighted by atomic mass is 35.5. The first kappa shape index (κ1) is 40.3. The summed E-state index contributed by atoms with van der Waals surface area (Å²) in [6, 6.07) is 31.7.